The molecule has 0 atom stereocenters. The molecule has 0 heterocycles. The van der Waals surface area contributed by atoms with Crippen LogP contribution in [-0.4, -0.2) is 46.4 Å². The molecule has 0 aliphatic rings. The molecule has 1 N–H and O–H groups in total. The standard InChI is InChI=1S/C19H24N2O5S/c1-13-6-7-14(2)18(10-13)26-12-19(22)20-16-11-15(8-9-17(16)25-5)27(23,24)21(3)4/h6-11H,12H2,1-5H3,(H,20,22). The molecule has 0 spiro atoms. The number of hydrogen-bond donors (Lipinski definition) is 1. The predicted molar refractivity (Wildman–Crippen MR) is 104 cm³/mol. The van der Waals surface area contributed by atoms with Gasteiger partial charge in [0.05, 0.1) is 17.7 Å². The van der Waals surface area contributed by atoms with E-state index in [2.05, 4.69) is 5.32 Å². The Hall–Kier alpha value is -2.58. The van der Waals surface area contributed by atoms with E-state index in [1.54, 1.807) is 0 Å². The van der Waals surface area contributed by atoms with E-state index < -0.39 is 15.9 Å². The summed E-state index contributed by atoms with van der Waals surface area (Å²) in [5, 5.41) is 2.65. The second-order valence-corrected chi connectivity index (χ2v) is 8.41. The van der Waals surface area contributed by atoms with E-state index >= 15 is 0 Å². The minimum absolute atomic E-state index is 0.0547. The van der Waals surface area contributed by atoms with Crippen molar-refractivity contribution in [2.24, 2.45) is 0 Å². The molecule has 2 aromatic carbocycles. The molecule has 7 nitrogen and oxygen atoms in total. The lowest BCUT2D eigenvalue weighted by atomic mass is 10.1. The van der Waals surface area contributed by atoms with Gasteiger partial charge in [-0.05, 0) is 49.2 Å². The Kier molecular flexibility index (Phi) is 6.45. The van der Waals surface area contributed by atoms with Crippen molar-refractivity contribution < 1.29 is 22.7 Å². The molecule has 0 aromatic heterocycles. The smallest absolute Gasteiger partial charge is 0.262 e. The number of sulfonamides is 1. The molecule has 0 unspecified atom stereocenters. The van der Waals surface area contributed by atoms with Crippen LogP contribution in [0.5, 0.6) is 11.5 Å². The Bertz CT molecular complexity index is 939. The number of amides is 1. The second-order valence-electron chi connectivity index (χ2n) is 6.26. The van der Waals surface area contributed by atoms with Gasteiger partial charge in [0.2, 0.25) is 10.0 Å². The molecule has 8 heteroatoms. The lowest BCUT2D eigenvalue weighted by molar-refractivity contribution is -0.118. The van der Waals surface area contributed by atoms with E-state index in [4.69, 9.17) is 9.47 Å². The molecule has 0 bridgehead atoms. The fraction of sp³-hybridized carbons (Fsp3) is 0.316. The molecule has 27 heavy (non-hydrogen) atoms. The molecule has 0 fully saturated rings. The molecule has 0 saturated carbocycles. The lowest BCUT2D eigenvalue weighted by Gasteiger charge is -2.15. The van der Waals surface area contributed by atoms with Crippen molar-refractivity contribution in [2.45, 2.75) is 18.7 Å². The molecule has 2 aromatic rings. The number of ether oxygens (including phenoxy) is 2. The molecule has 0 radical (unpaired) electrons. The van der Waals surface area contributed by atoms with Gasteiger partial charge in [-0.3, -0.25) is 4.79 Å². The van der Waals surface area contributed by atoms with Crippen molar-refractivity contribution in [1.29, 1.82) is 0 Å². The highest BCUT2D eigenvalue weighted by atomic mass is 32.2. The maximum Gasteiger partial charge on any atom is 0.262 e. The summed E-state index contributed by atoms with van der Waals surface area (Å²) in [6.45, 7) is 3.62. The quantitative estimate of drug-likeness (QED) is 0.783. The van der Waals surface area contributed by atoms with E-state index in [0.717, 1.165) is 15.4 Å². The van der Waals surface area contributed by atoms with Crippen LogP contribution >= 0.6 is 0 Å². The van der Waals surface area contributed by atoms with Crippen LogP contribution in [0.1, 0.15) is 11.1 Å². The number of nitrogens with zero attached hydrogens (tertiary/aromatic N) is 1. The number of hydrogen-bond acceptors (Lipinski definition) is 5. The van der Waals surface area contributed by atoms with Crippen LogP contribution in [0.15, 0.2) is 41.3 Å². The highest BCUT2D eigenvalue weighted by Gasteiger charge is 2.20. The monoisotopic (exact) mass is 392 g/mol. The highest BCUT2D eigenvalue weighted by Crippen LogP contribution is 2.28. The van der Waals surface area contributed by atoms with E-state index in [9.17, 15) is 13.2 Å². The molecule has 146 valence electrons. The number of benzene rings is 2. The summed E-state index contributed by atoms with van der Waals surface area (Å²) < 4.78 is 36.5. The minimum atomic E-state index is -3.63. The van der Waals surface area contributed by atoms with Crippen LogP contribution in [0.25, 0.3) is 0 Å². The zero-order valence-corrected chi connectivity index (χ0v) is 16.9. The van der Waals surface area contributed by atoms with Gasteiger partial charge < -0.3 is 14.8 Å². The fourth-order valence-electron chi connectivity index (χ4n) is 2.35. The van der Waals surface area contributed by atoms with Crippen molar-refractivity contribution in [3.63, 3.8) is 0 Å². The molecule has 1 amide bonds. The van der Waals surface area contributed by atoms with E-state index in [0.29, 0.717) is 11.5 Å². The van der Waals surface area contributed by atoms with E-state index in [1.807, 2.05) is 32.0 Å². The van der Waals surface area contributed by atoms with E-state index in [1.165, 1.54) is 39.4 Å². The number of carbonyl (C=O) groups is 1. The van der Waals surface area contributed by atoms with Gasteiger partial charge in [0.25, 0.3) is 5.91 Å². The minimum Gasteiger partial charge on any atom is -0.495 e. The zero-order chi connectivity index (χ0) is 20.2. The largest absolute Gasteiger partial charge is 0.495 e. The molecule has 2 rings (SSSR count). The average Bonchev–Trinajstić information content (AvgIpc) is 2.62. The Labute approximate surface area is 160 Å². The summed E-state index contributed by atoms with van der Waals surface area (Å²) in [7, 11) is 0.692. The molecular weight excluding hydrogens is 368 g/mol. The lowest BCUT2D eigenvalue weighted by Crippen LogP contribution is -2.23. The second kappa shape index (κ2) is 8.41. The Morgan fingerprint density at radius 2 is 1.78 bits per heavy atom. The van der Waals surface area contributed by atoms with Crippen LogP contribution < -0.4 is 14.8 Å². The number of carbonyl (C=O) groups excluding carboxylic acids is 1. The van der Waals surface area contributed by atoms with Crippen LogP contribution in [0.4, 0.5) is 5.69 Å². The number of methoxy groups -OCH3 is 1. The predicted octanol–water partition coefficient (Wildman–Crippen LogP) is 2.58. The summed E-state index contributed by atoms with van der Waals surface area (Å²) in [6.07, 6.45) is 0. The Morgan fingerprint density at radius 1 is 1.07 bits per heavy atom. The number of rotatable bonds is 7. The normalized spacial score (nSPS) is 11.3. The van der Waals surface area contributed by atoms with E-state index in [-0.39, 0.29) is 17.2 Å². The topological polar surface area (TPSA) is 84.9 Å². The number of anilines is 1. The van der Waals surface area contributed by atoms with Crippen molar-refractivity contribution in [1.82, 2.24) is 4.31 Å². The SMILES string of the molecule is COc1ccc(S(=O)(=O)N(C)C)cc1NC(=O)COc1cc(C)ccc1C. The van der Waals surface area contributed by atoms with Crippen LogP contribution in [0.2, 0.25) is 0 Å². The fourth-order valence-corrected chi connectivity index (χ4v) is 3.28. The highest BCUT2D eigenvalue weighted by molar-refractivity contribution is 7.89. The Morgan fingerprint density at radius 3 is 2.41 bits per heavy atom. The zero-order valence-electron chi connectivity index (χ0n) is 16.1. The third-order valence-corrected chi connectivity index (χ3v) is 5.74. The first kappa shape index (κ1) is 20.7. The van der Waals surface area contributed by atoms with Crippen LogP contribution in [0.3, 0.4) is 0 Å². The van der Waals surface area contributed by atoms with Gasteiger partial charge in [0, 0.05) is 14.1 Å². The first-order valence-electron chi connectivity index (χ1n) is 8.25. The summed E-state index contributed by atoms with van der Waals surface area (Å²) in [5.74, 6) is 0.558. The molecule has 0 saturated heterocycles. The van der Waals surface area contributed by atoms with Gasteiger partial charge in [0.15, 0.2) is 6.61 Å². The van der Waals surface area contributed by atoms with Gasteiger partial charge in [-0.1, -0.05) is 12.1 Å². The first-order chi connectivity index (χ1) is 12.6. The molecular formula is C19H24N2O5S. The maximum absolute atomic E-state index is 12.3. The number of aryl methyl sites for hydroxylation is 2. The van der Waals surface area contributed by atoms with Crippen molar-refractivity contribution in [2.75, 3.05) is 33.1 Å². The van der Waals surface area contributed by atoms with Crippen LogP contribution in [0, 0.1) is 13.8 Å². The van der Waals surface area contributed by atoms with Gasteiger partial charge in [-0.15, -0.1) is 0 Å². The van der Waals surface area contributed by atoms with Crippen molar-refractivity contribution in [3.05, 3.63) is 47.5 Å². The maximum atomic E-state index is 12.3. The third kappa shape index (κ3) is 4.99. The summed E-state index contributed by atoms with van der Waals surface area (Å²) in [5.41, 5.74) is 2.21. The summed E-state index contributed by atoms with van der Waals surface area (Å²) >= 11 is 0. The third-order valence-electron chi connectivity index (χ3n) is 3.93. The van der Waals surface area contributed by atoms with Crippen molar-refractivity contribution in [3.8, 4) is 11.5 Å². The molecule has 0 aliphatic heterocycles. The summed E-state index contributed by atoms with van der Waals surface area (Å²) in [4.78, 5) is 12.3. The first-order valence-corrected chi connectivity index (χ1v) is 9.69. The van der Waals surface area contributed by atoms with Gasteiger partial charge >= 0.3 is 0 Å². The molecule has 0 aliphatic carbocycles. The Balaban J connectivity index is 2.17. The van der Waals surface area contributed by atoms with Gasteiger partial charge in [0.1, 0.15) is 11.5 Å². The van der Waals surface area contributed by atoms with Gasteiger partial charge in [-0.25, -0.2) is 12.7 Å². The van der Waals surface area contributed by atoms with Crippen molar-refractivity contribution >= 4 is 21.6 Å². The van der Waals surface area contributed by atoms with Gasteiger partial charge in [-0.2, -0.15) is 0 Å². The average molecular weight is 392 g/mol. The number of nitrogens with one attached hydrogen (secondary N) is 1. The summed E-state index contributed by atoms with van der Waals surface area (Å²) in [6, 6.07) is 10.0. The van der Waals surface area contributed by atoms with Crippen LogP contribution in [-0.2, 0) is 14.8 Å².